The van der Waals surface area contributed by atoms with Gasteiger partial charge in [-0.25, -0.2) is 9.78 Å². The van der Waals surface area contributed by atoms with Gasteiger partial charge in [0, 0.05) is 4.88 Å². The van der Waals surface area contributed by atoms with Gasteiger partial charge in [0.1, 0.15) is 4.83 Å². The average Bonchev–Trinajstić information content (AvgIpc) is 3.10. The van der Waals surface area contributed by atoms with E-state index in [1.165, 1.54) is 23.5 Å². The topological polar surface area (TPSA) is 72.2 Å². The van der Waals surface area contributed by atoms with Crippen LogP contribution in [-0.4, -0.2) is 20.6 Å². The minimum absolute atomic E-state index is 0.101. The number of benzene rings is 2. The van der Waals surface area contributed by atoms with Crippen LogP contribution in [0.2, 0.25) is 0 Å². The van der Waals surface area contributed by atoms with Gasteiger partial charge in [-0.1, -0.05) is 42.5 Å². The Balaban J connectivity index is 1.69. The summed E-state index contributed by atoms with van der Waals surface area (Å²) in [7, 11) is 0. The molecule has 0 aliphatic rings. The van der Waals surface area contributed by atoms with Gasteiger partial charge in [-0.15, -0.1) is 11.3 Å². The van der Waals surface area contributed by atoms with Gasteiger partial charge in [-0.05, 0) is 29.3 Å². The van der Waals surface area contributed by atoms with E-state index >= 15 is 0 Å². The number of carboxylic acid groups (broad SMARTS) is 1. The van der Waals surface area contributed by atoms with E-state index in [-0.39, 0.29) is 11.1 Å². The third-order valence-corrected chi connectivity index (χ3v) is 5.22. The number of nitrogens with zero attached hydrogens (tertiary/aromatic N) is 2. The first-order valence-corrected chi connectivity index (χ1v) is 8.80. The molecule has 0 radical (unpaired) electrons. The minimum Gasteiger partial charge on any atom is -0.478 e. The van der Waals surface area contributed by atoms with Gasteiger partial charge in [0.05, 0.1) is 23.8 Å². The Morgan fingerprint density at radius 2 is 1.81 bits per heavy atom. The molecule has 4 aromatic rings. The Morgan fingerprint density at radius 1 is 1.08 bits per heavy atom. The zero-order valence-corrected chi connectivity index (χ0v) is 14.4. The number of carbonyl (C=O) groups is 1. The zero-order chi connectivity index (χ0) is 18.1. The molecule has 0 fully saturated rings. The molecule has 128 valence electrons. The van der Waals surface area contributed by atoms with E-state index in [1.54, 1.807) is 23.0 Å². The maximum absolute atomic E-state index is 12.8. The first kappa shape index (κ1) is 16.2. The second-order valence-corrected chi connectivity index (χ2v) is 6.91. The number of aromatic carboxylic acids is 1. The number of hydrogen-bond donors (Lipinski definition) is 1. The maximum Gasteiger partial charge on any atom is 0.335 e. The number of aromatic nitrogens is 2. The lowest BCUT2D eigenvalue weighted by Gasteiger charge is -2.05. The molecule has 4 rings (SSSR count). The summed E-state index contributed by atoms with van der Waals surface area (Å²) in [4.78, 5) is 29.9. The van der Waals surface area contributed by atoms with Crippen molar-refractivity contribution in [2.45, 2.75) is 6.54 Å². The summed E-state index contributed by atoms with van der Waals surface area (Å²) in [5.41, 5.74) is 2.03. The summed E-state index contributed by atoms with van der Waals surface area (Å²) in [6.07, 6.45) is 1.54. The number of rotatable bonds is 4. The van der Waals surface area contributed by atoms with Crippen molar-refractivity contribution in [3.05, 3.63) is 88.5 Å². The number of hydrogen-bond acceptors (Lipinski definition) is 4. The molecule has 0 aliphatic heterocycles. The van der Waals surface area contributed by atoms with Crippen molar-refractivity contribution >= 4 is 27.5 Å². The van der Waals surface area contributed by atoms with Crippen molar-refractivity contribution in [1.82, 2.24) is 9.55 Å². The fraction of sp³-hybridized carbons (Fsp3) is 0.0500. The van der Waals surface area contributed by atoms with Crippen molar-refractivity contribution < 1.29 is 9.90 Å². The zero-order valence-electron chi connectivity index (χ0n) is 13.6. The normalized spacial score (nSPS) is 10.9. The van der Waals surface area contributed by atoms with E-state index in [4.69, 9.17) is 5.11 Å². The average molecular weight is 362 g/mol. The summed E-state index contributed by atoms with van der Waals surface area (Å²) in [5, 5.41) is 9.56. The van der Waals surface area contributed by atoms with Gasteiger partial charge in [0.25, 0.3) is 5.56 Å². The Kier molecular flexibility index (Phi) is 4.10. The highest BCUT2D eigenvalue weighted by atomic mass is 32.1. The van der Waals surface area contributed by atoms with E-state index in [2.05, 4.69) is 4.98 Å². The third kappa shape index (κ3) is 3.02. The number of fused-ring (bicyclic) bond motifs is 1. The summed E-state index contributed by atoms with van der Waals surface area (Å²) in [5.74, 6) is -0.969. The van der Waals surface area contributed by atoms with E-state index in [9.17, 15) is 9.59 Å². The van der Waals surface area contributed by atoms with Crippen LogP contribution < -0.4 is 5.56 Å². The van der Waals surface area contributed by atoms with Crippen molar-refractivity contribution in [2.75, 3.05) is 0 Å². The van der Waals surface area contributed by atoms with Crippen molar-refractivity contribution in [3.63, 3.8) is 0 Å². The van der Waals surface area contributed by atoms with Crippen LogP contribution in [0.1, 0.15) is 15.9 Å². The van der Waals surface area contributed by atoms with Crippen LogP contribution in [-0.2, 0) is 6.54 Å². The van der Waals surface area contributed by atoms with Crippen molar-refractivity contribution in [2.24, 2.45) is 0 Å². The largest absolute Gasteiger partial charge is 0.478 e. The molecule has 6 heteroatoms. The SMILES string of the molecule is O=C(O)c1ccc(Cn2cnc3sc(-c4ccccc4)cc3c2=O)cc1. The molecular formula is C20H14N2O3S. The molecule has 26 heavy (non-hydrogen) atoms. The molecule has 0 saturated heterocycles. The molecule has 2 aromatic heterocycles. The summed E-state index contributed by atoms with van der Waals surface area (Å²) in [6, 6.07) is 18.3. The minimum atomic E-state index is -0.969. The monoisotopic (exact) mass is 362 g/mol. The number of thiophene rings is 1. The summed E-state index contributed by atoms with van der Waals surface area (Å²) < 4.78 is 1.54. The molecular weight excluding hydrogens is 348 g/mol. The van der Waals surface area contributed by atoms with Crippen LogP contribution >= 0.6 is 11.3 Å². The van der Waals surface area contributed by atoms with Gasteiger partial charge < -0.3 is 5.11 Å². The Labute approximate surface area is 152 Å². The molecule has 5 nitrogen and oxygen atoms in total. The fourth-order valence-electron chi connectivity index (χ4n) is 2.77. The first-order valence-electron chi connectivity index (χ1n) is 7.98. The summed E-state index contributed by atoms with van der Waals surface area (Å²) in [6.45, 7) is 0.345. The lowest BCUT2D eigenvalue weighted by atomic mass is 10.1. The molecule has 0 spiro atoms. The Bertz CT molecular complexity index is 1150. The van der Waals surface area contributed by atoms with Gasteiger partial charge in [-0.3, -0.25) is 9.36 Å². The lowest BCUT2D eigenvalue weighted by Crippen LogP contribution is -2.20. The molecule has 2 heterocycles. The van der Waals surface area contributed by atoms with Crippen LogP contribution in [0.4, 0.5) is 0 Å². The van der Waals surface area contributed by atoms with Crippen LogP contribution in [0.25, 0.3) is 20.7 Å². The lowest BCUT2D eigenvalue weighted by molar-refractivity contribution is 0.0697. The smallest absolute Gasteiger partial charge is 0.335 e. The Morgan fingerprint density at radius 3 is 2.50 bits per heavy atom. The number of carboxylic acids is 1. The second-order valence-electron chi connectivity index (χ2n) is 5.88. The summed E-state index contributed by atoms with van der Waals surface area (Å²) >= 11 is 1.49. The first-order chi connectivity index (χ1) is 12.6. The molecule has 0 amide bonds. The molecule has 0 bridgehead atoms. The maximum atomic E-state index is 12.8. The predicted molar refractivity (Wildman–Crippen MR) is 102 cm³/mol. The third-order valence-electron chi connectivity index (χ3n) is 4.13. The van der Waals surface area contributed by atoms with Gasteiger partial charge >= 0.3 is 5.97 Å². The van der Waals surface area contributed by atoms with E-state index < -0.39 is 5.97 Å². The van der Waals surface area contributed by atoms with Gasteiger partial charge in [0.15, 0.2) is 0 Å². The van der Waals surface area contributed by atoms with E-state index in [1.807, 2.05) is 36.4 Å². The molecule has 0 atom stereocenters. The van der Waals surface area contributed by atoms with Crippen LogP contribution in [0.5, 0.6) is 0 Å². The van der Waals surface area contributed by atoms with Crippen molar-refractivity contribution in [1.29, 1.82) is 0 Å². The van der Waals surface area contributed by atoms with E-state index in [0.717, 1.165) is 16.0 Å². The van der Waals surface area contributed by atoms with Gasteiger partial charge in [-0.2, -0.15) is 0 Å². The van der Waals surface area contributed by atoms with Gasteiger partial charge in [0.2, 0.25) is 0 Å². The molecule has 0 saturated carbocycles. The molecule has 0 unspecified atom stereocenters. The quantitative estimate of drug-likeness (QED) is 0.598. The highest BCUT2D eigenvalue weighted by Gasteiger charge is 2.11. The van der Waals surface area contributed by atoms with Crippen LogP contribution in [0.15, 0.2) is 71.8 Å². The van der Waals surface area contributed by atoms with Crippen LogP contribution in [0, 0.1) is 0 Å². The van der Waals surface area contributed by atoms with Crippen LogP contribution in [0.3, 0.4) is 0 Å². The standard InChI is InChI=1S/C20H14N2O3S/c23-19-16-10-17(14-4-2-1-3-5-14)26-18(16)21-12-22(19)11-13-6-8-15(9-7-13)20(24)25/h1-10,12H,11H2,(H,24,25). The molecule has 1 N–H and O–H groups in total. The van der Waals surface area contributed by atoms with E-state index in [0.29, 0.717) is 16.8 Å². The molecule has 2 aromatic carbocycles. The second kappa shape index (κ2) is 6.57. The Hall–Kier alpha value is -3.25. The highest BCUT2D eigenvalue weighted by Crippen LogP contribution is 2.30. The fourth-order valence-corrected chi connectivity index (χ4v) is 3.76. The highest BCUT2D eigenvalue weighted by molar-refractivity contribution is 7.21. The molecule has 0 aliphatic carbocycles. The predicted octanol–water partition coefficient (Wildman–Crippen LogP) is 3.87. The van der Waals surface area contributed by atoms with Crippen molar-refractivity contribution in [3.8, 4) is 10.4 Å².